The number of halogens is 1. The van der Waals surface area contributed by atoms with Gasteiger partial charge in [0.25, 0.3) is 0 Å². The van der Waals surface area contributed by atoms with E-state index in [4.69, 9.17) is 11.6 Å². The molecule has 0 saturated heterocycles. The smallest absolute Gasteiger partial charge is 0.201 e. The molecule has 0 amide bonds. The second-order valence-corrected chi connectivity index (χ2v) is 6.76. The van der Waals surface area contributed by atoms with Crippen LogP contribution >= 0.6 is 23.4 Å². The largest absolute Gasteiger partial charge is 0.382 e. The lowest BCUT2D eigenvalue weighted by Crippen LogP contribution is -2.08. The summed E-state index contributed by atoms with van der Waals surface area (Å²) >= 11 is 7.36. The minimum Gasteiger partial charge on any atom is -0.382 e. The Balaban J connectivity index is 2.28. The molecule has 2 aromatic carbocycles. The van der Waals surface area contributed by atoms with E-state index in [2.05, 4.69) is 0 Å². The molecule has 0 aliphatic carbocycles. The van der Waals surface area contributed by atoms with Gasteiger partial charge >= 0.3 is 0 Å². The highest BCUT2D eigenvalue weighted by Crippen LogP contribution is 2.30. The van der Waals surface area contributed by atoms with E-state index in [9.17, 15) is 4.79 Å². The standard InChI is InChI=1S/C18H18ClNOS/c1-13-4-10-16(11-5-13)22-17(12-20(2)3)18(21)14-6-8-15(19)9-7-14/h4-12H,1-3H3. The Labute approximate surface area is 140 Å². The molecule has 0 radical (unpaired) electrons. The molecule has 0 heterocycles. The second kappa shape index (κ2) is 7.52. The van der Waals surface area contributed by atoms with Gasteiger partial charge < -0.3 is 4.90 Å². The third-order valence-corrected chi connectivity index (χ3v) is 4.23. The van der Waals surface area contributed by atoms with Crippen molar-refractivity contribution in [1.82, 2.24) is 4.90 Å². The van der Waals surface area contributed by atoms with E-state index in [1.807, 2.05) is 56.4 Å². The van der Waals surface area contributed by atoms with Crippen LogP contribution in [0.5, 0.6) is 0 Å². The quantitative estimate of drug-likeness (QED) is 0.435. The molecule has 0 N–H and O–H groups in total. The number of hydrogen-bond donors (Lipinski definition) is 0. The van der Waals surface area contributed by atoms with Crippen LogP contribution in [-0.4, -0.2) is 24.8 Å². The van der Waals surface area contributed by atoms with Gasteiger partial charge in [-0.05, 0) is 43.3 Å². The summed E-state index contributed by atoms with van der Waals surface area (Å²) in [5.41, 5.74) is 1.84. The van der Waals surface area contributed by atoms with E-state index < -0.39 is 0 Å². The van der Waals surface area contributed by atoms with Crippen LogP contribution in [0.25, 0.3) is 0 Å². The molecule has 0 aliphatic rings. The van der Waals surface area contributed by atoms with Gasteiger partial charge in [0.15, 0.2) is 0 Å². The van der Waals surface area contributed by atoms with Crippen molar-refractivity contribution < 1.29 is 4.79 Å². The predicted molar refractivity (Wildman–Crippen MR) is 94.6 cm³/mol. The van der Waals surface area contributed by atoms with Crippen LogP contribution in [0, 0.1) is 6.92 Å². The van der Waals surface area contributed by atoms with Gasteiger partial charge in [-0.3, -0.25) is 4.79 Å². The van der Waals surface area contributed by atoms with Crippen molar-refractivity contribution in [1.29, 1.82) is 0 Å². The zero-order chi connectivity index (χ0) is 16.1. The van der Waals surface area contributed by atoms with Gasteiger partial charge in [-0.1, -0.05) is 41.1 Å². The van der Waals surface area contributed by atoms with Crippen LogP contribution in [0.4, 0.5) is 0 Å². The molecular formula is C18H18ClNOS. The number of Topliss-reactive ketones (excluding diaryl/α,β-unsaturated/α-hetero) is 1. The van der Waals surface area contributed by atoms with Gasteiger partial charge in [0, 0.05) is 35.8 Å². The lowest BCUT2D eigenvalue weighted by atomic mass is 10.1. The molecule has 2 nitrogen and oxygen atoms in total. The van der Waals surface area contributed by atoms with Gasteiger partial charge in [0.05, 0.1) is 4.91 Å². The van der Waals surface area contributed by atoms with Crippen LogP contribution in [0.1, 0.15) is 15.9 Å². The number of allylic oxidation sites excluding steroid dienone is 1. The second-order valence-electron chi connectivity index (χ2n) is 5.21. The Morgan fingerprint density at radius 2 is 1.64 bits per heavy atom. The topological polar surface area (TPSA) is 20.3 Å². The van der Waals surface area contributed by atoms with Gasteiger partial charge in [-0.15, -0.1) is 0 Å². The zero-order valence-electron chi connectivity index (χ0n) is 12.8. The molecule has 0 aliphatic heterocycles. The number of carbonyl (C=O) groups excluding carboxylic acids is 1. The molecule has 2 rings (SSSR count). The van der Waals surface area contributed by atoms with Crippen molar-refractivity contribution in [2.24, 2.45) is 0 Å². The molecule has 0 unspecified atom stereocenters. The van der Waals surface area contributed by atoms with Crippen molar-refractivity contribution in [3.63, 3.8) is 0 Å². The molecule has 2 aromatic rings. The van der Waals surface area contributed by atoms with Crippen LogP contribution < -0.4 is 0 Å². The average Bonchev–Trinajstić information content (AvgIpc) is 2.48. The first-order chi connectivity index (χ1) is 10.5. The van der Waals surface area contributed by atoms with Crippen molar-refractivity contribution in [3.8, 4) is 0 Å². The van der Waals surface area contributed by atoms with Crippen LogP contribution in [0.15, 0.2) is 64.5 Å². The maximum absolute atomic E-state index is 12.7. The lowest BCUT2D eigenvalue weighted by Gasteiger charge is -2.11. The maximum Gasteiger partial charge on any atom is 0.201 e. The summed E-state index contributed by atoms with van der Waals surface area (Å²) in [5.74, 6) is -0.00376. The van der Waals surface area contributed by atoms with E-state index in [-0.39, 0.29) is 5.78 Å². The Morgan fingerprint density at radius 3 is 2.18 bits per heavy atom. The predicted octanol–water partition coefficient (Wildman–Crippen LogP) is 5.03. The minimum absolute atomic E-state index is 0.00376. The lowest BCUT2D eigenvalue weighted by molar-refractivity contribution is 0.104. The summed E-state index contributed by atoms with van der Waals surface area (Å²) in [6.07, 6.45) is 1.85. The van der Waals surface area contributed by atoms with E-state index in [1.165, 1.54) is 17.3 Å². The van der Waals surface area contributed by atoms with Crippen molar-refractivity contribution in [2.75, 3.05) is 14.1 Å². The Bertz CT molecular complexity index is 675. The number of ketones is 1. The Morgan fingerprint density at radius 1 is 1.05 bits per heavy atom. The third kappa shape index (κ3) is 4.65. The molecule has 0 aromatic heterocycles. The molecule has 4 heteroatoms. The van der Waals surface area contributed by atoms with Crippen LogP contribution in [0.3, 0.4) is 0 Å². The number of aryl methyl sites for hydroxylation is 1. The van der Waals surface area contributed by atoms with E-state index in [0.717, 1.165) is 4.90 Å². The van der Waals surface area contributed by atoms with Crippen LogP contribution in [0.2, 0.25) is 5.02 Å². The minimum atomic E-state index is -0.00376. The highest BCUT2D eigenvalue weighted by atomic mass is 35.5. The van der Waals surface area contributed by atoms with Gasteiger partial charge in [0.1, 0.15) is 0 Å². The van der Waals surface area contributed by atoms with Crippen molar-refractivity contribution >= 4 is 29.1 Å². The molecular weight excluding hydrogens is 314 g/mol. The van der Waals surface area contributed by atoms with Gasteiger partial charge in [0.2, 0.25) is 5.78 Å². The molecule has 0 spiro atoms. The number of carbonyl (C=O) groups is 1. The first-order valence-corrected chi connectivity index (χ1v) is 8.08. The van der Waals surface area contributed by atoms with Gasteiger partial charge in [-0.25, -0.2) is 0 Å². The number of thioether (sulfide) groups is 1. The summed E-state index contributed by atoms with van der Waals surface area (Å²) in [7, 11) is 3.82. The zero-order valence-corrected chi connectivity index (χ0v) is 14.4. The SMILES string of the molecule is Cc1ccc(SC(=CN(C)C)C(=O)c2ccc(Cl)cc2)cc1. The highest BCUT2D eigenvalue weighted by molar-refractivity contribution is 8.04. The highest BCUT2D eigenvalue weighted by Gasteiger charge is 2.14. The van der Waals surface area contributed by atoms with Crippen LogP contribution in [-0.2, 0) is 0 Å². The van der Waals surface area contributed by atoms with E-state index in [0.29, 0.717) is 15.5 Å². The third-order valence-electron chi connectivity index (χ3n) is 2.95. The summed E-state index contributed by atoms with van der Waals surface area (Å²) in [5, 5.41) is 0.626. The fourth-order valence-electron chi connectivity index (χ4n) is 1.84. The molecule has 0 fully saturated rings. The molecule has 114 valence electrons. The average molecular weight is 332 g/mol. The summed E-state index contributed by atoms with van der Waals surface area (Å²) in [6.45, 7) is 2.05. The van der Waals surface area contributed by atoms with Crippen molar-refractivity contribution in [2.45, 2.75) is 11.8 Å². The Kier molecular flexibility index (Phi) is 5.69. The number of benzene rings is 2. The molecule has 0 atom stereocenters. The first-order valence-electron chi connectivity index (χ1n) is 6.89. The van der Waals surface area contributed by atoms with Crippen molar-refractivity contribution in [3.05, 3.63) is 75.8 Å². The molecule has 0 bridgehead atoms. The molecule has 22 heavy (non-hydrogen) atoms. The number of hydrogen-bond acceptors (Lipinski definition) is 3. The summed E-state index contributed by atoms with van der Waals surface area (Å²) in [6, 6.07) is 15.1. The fourth-order valence-corrected chi connectivity index (χ4v) is 2.97. The van der Waals surface area contributed by atoms with E-state index in [1.54, 1.807) is 24.3 Å². The maximum atomic E-state index is 12.7. The van der Waals surface area contributed by atoms with Gasteiger partial charge in [-0.2, -0.15) is 0 Å². The normalized spacial score (nSPS) is 11.4. The number of rotatable bonds is 5. The summed E-state index contributed by atoms with van der Waals surface area (Å²) < 4.78 is 0. The molecule has 0 saturated carbocycles. The monoisotopic (exact) mass is 331 g/mol. The van der Waals surface area contributed by atoms with E-state index >= 15 is 0 Å². The summed E-state index contributed by atoms with van der Waals surface area (Å²) in [4.78, 5) is 16.3. The number of nitrogens with zero attached hydrogens (tertiary/aromatic N) is 1. The fraction of sp³-hybridized carbons (Fsp3) is 0.167. The first kappa shape index (κ1) is 16.7. The Hall–Kier alpha value is -1.71.